The van der Waals surface area contributed by atoms with E-state index in [0.717, 1.165) is 45.9 Å². The molecule has 33 heavy (non-hydrogen) atoms. The summed E-state index contributed by atoms with van der Waals surface area (Å²) in [5.74, 6) is 0.661. The molecule has 3 aromatic carbocycles. The summed E-state index contributed by atoms with van der Waals surface area (Å²) < 4.78 is 6.02. The predicted molar refractivity (Wildman–Crippen MR) is 134 cm³/mol. The van der Waals surface area contributed by atoms with E-state index in [1.165, 1.54) is 0 Å². The summed E-state index contributed by atoms with van der Waals surface area (Å²) >= 11 is 1.69. The molecule has 1 unspecified atom stereocenters. The van der Waals surface area contributed by atoms with E-state index in [2.05, 4.69) is 36.6 Å². The first kappa shape index (κ1) is 21.4. The molecular formula is C28H26N2O2S. The standard InChI is InChI=1S/C28H26N2O2S/c1-3-10-26-29-23(18-33-26)22-15-16-25-24(17-22)30(28(31)19(2)32-25)27(20-11-6-4-7-12-20)21-13-8-5-9-14-21/h4-9,11-19,27H,3,10H2,1-2H3. The van der Waals surface area contributed by atoms with Crippen molar-refractivity contribution in [1.29, 1.82) is 0 Å². The van der Waals surface area contributed by atoms with E-state index in [1.807, 2.05) is 66.4 Å². The van der Waals surface area contributed by atoms with Crippen molar-refractivity contribution in [2.75, 3.05) is 4.90 Å². The molecule has 2 heterocycles. The fraction of sp³-hybridized carbons (Fsp3) is 0.214. The number of aromatic nitrogens is 1. The summed E-state index contributed by atoms with van der Waals surface area (Å²) in [5.41, 5.74) is 4.82. The van der Waals surface area contributed by atoms with Gasteiger partial charge in [0.25, 0.3) is 5.91 Å². The van der Waals surface area contributed by atoms with Crippen LogP contribution in [0.25, 0.3) is 11.3 Å². The van der Waals surface area contributed by atoms with E-state index < -0.39 is 6.10 Å². The van der Waals surface area contributed by atoms with Gasteiger partial charge in [-0.2, -0.15) is 0 Å². The van der Waals surface area contributed by atoms with Gasteiger partial charge in [0.15, 0.2) is 6.10 Å². The molecule has 1 aliphatic rings. The highest BCUT2D eigenvalue weighted by molar-refractivity contribution is 7.09. The van der Waals surface area contributed by atoms with Crippen molar-refractivity contribution >= 4 is 22.9 Å². The third kappa shape index (κ3) is 4.16. The number of carbonyl (C=O) groups excluding carboxylic acids is 1. The molecule has 0 fully saturated rings. The van der Waals surface area contributed by atoms with Crippen molar-refractivity contribution in [3.8, 4) is 17.0 Å². The normalized spacial score (nSPS) is 15.4. The molecule has 4 aromatic rings. The number of aryl methyl sites for hydroxylation is 1. The van der Waals surface area contributed by atoms with Gasteiger partial charge in [-0.3, -0.25) is 9.69 Å². The van der Waals surface area contributed by atoms with Crippen LogP contribution in [0.4, 0.5) is 5.69 Å². The highest BCUT2D eigenvalue weighted by atomic mass is 32.1. The van der Waals surface area contributed by atoms with E-state index in [4.69, 9.17) is 9.72 Å². The summed E-state index contributed by atoms with van der Waals surface area (Å²) in [5, 5.41) is 3.23. The lowest BCUT2D eigenvalue weighted by Crippen LogP contribution is -2.46. The Balaban J connectivity index is 1.65. The number of carbonyl (C=O) groups is 1. The maximum atomic E-state index is 13.6. The van der Waals surface area contributed by atoms with Crippen LogP contribution in [-0.2, 0) is 11.2 Å². The van der Waals surface area contributed by atoms with Crippen LogP contribution in [0.2, 0.25) is 0 Å². The van der Waals surface area contributed by atoms with Crippen molar-refractivity contribution in [3.63, 3.8) is 0 Å². The van der Waals surface area contributed by atoms with Crippen LogP contribution >= 0.6 is 11.3 Å². The van der Waals surface area contributed by atoms with Crippen molar-refractivity contribution in [2.45, 2.75) is 38.8 Å². The van der Waals surface area contributed by atoms with Crippen molar-refractivity contribution in [3.05, 3.63) is 100 Å². The molecule has 1 atom stereocenters. The number of hydrogen-bond donors (Lipinski definition) is 0. The number of fused-ring (bicyclic) bond motifs is 1. The van der Waals surface area contributed by atoms with Crippen LogP contribution < -0.4 is 9.64 Å². The largest absolute Gasteiger partial charge is 0.479 e. The van der Waals surface area contributed by atoms with Gasteiger partial charge in [-0.15, -0.1) is 11.3 Å². The minimum absolute atomic E-state index is 0.0534. The highest BCUT2D eigenvalue weighted by Gasteiger charge is 2.37. The zero-order chi connectivity index (χ0) is 22.8. The number of amides is 1. The molecule has 1 aromatic heterocycles. The average molecular weight is 455 g/mol. The smallest absolute Gasteiger partial charge is 0.268 e. The molecule has 1 amide bonds. The van der Waals surface area contributed by atoms with Crippen LogP contribution in [0.5, 0.6) is 5.75 Å². The number of rotatable bonds is 6. The topological polar surface area (TPSA) is 42.4 Å². The Hall–Kier alpha value is -3.44. The van der Waals surface area contributed by atoms with Crippen molar-refractivity contribution in [2.24, 2.45) is 0 Å². The fourth-order valence-corrected chi connectivity index (χ4v) is 5.23. The summed E-state index contributed by atoms with van der Waals surface area (Å²) in [4.78, 5) is 20.3. The molecule has 0 saturated carbocycles. The Kier molecular flexibility index (Phi) is 5.97. The number of ether oxygens (including phenoxy) is 1. The lowest BCUT2D eigenvalue weighted by molar-refractivity contribution is -0.126. The Bertz CT molecular complexity index is 1210. The second-order valence-corrected chi connectivity index (χ2v) is 9.19. The predicted octanol–water partition coefficient (Wildman–Crippen LogP) is 6.67. The SMILES string of the molecule is CCCc1nc(-c2ccc3c(c2)N(C(c2ccccc2)c2ccccc2)C(=O)C(C)O3)cs1. The number of nitrogens with zero attached hydrogens (tertiary/aromatic N) is 2. The lowest BCUT2D eigenvalue weighted by atomic mass is 9.94. The first-order valence-corrected chi connectivity index (χ1v) is 12.2. The zero-order valence-electron chi connectivity index (χ0n) is 18.8. The second kappa shape index (κ2) is 9.20. The Morgan fingerprint density at radius 1 is 1.00 bits per heavy atom. The van der Waals surface area contributed by atoms with Gasteiger partial charge in [0.1, 0.15) is 5.75 Å². The Labute approximate surface area is 198 Å². The van der Waals surface area contributed by atoms with Crippen LogP contribution in [-0.4, -0.2) is 17.0 Å². The van der Waals surface area contributed by atoms with Crippen LogP contribution in [0.3, 0.4) is 0 Å². The quantitative estimate of drug-likeness (QED) is 0.327. The molecule has 0 N–H and O–H groups in total. The van der Waals surface area contributed by atoms with Crippen LogP contribution in [0.1, 0.15) is 42.4 Å². The lowest BCUT2D eigenvalue weighted by Gasteiger charge is -2.39. The maximum Gasteiger partial charge on any atom is 0.268 e. The number of benzene rings is 3. The molecular weight excluding hydrogens is 428 g/mol. The Morgan fingerprint density at radius 3 is 2.30 bits per heavy atom. The van der Waals surface area contributed by atoms with Crippen LogP contribution in [0, 0.1) is 0 Å². The number of thiazole rings is 1. The van der Waals surface area contributed by atoms with Crippen LogP contribution in [0.15, 0.2) is 84.2 Å². The summed E-state index contributed by atoms with van der Waals surface area (Å²) in [7, 11) is 0. The summed E-state index contributed by atoms with van der Waals surface area (Å²) in [6.07, 6.45) is 1.49. The third-order valence-electron chi connectivity index (χ3n) is 5.91. The molecule has 0 saturated heterocycles. The average Bonchev–Trinajstić information content (AvgIpc) is 3.32. The van der Waals surface area contributed by atoms with Gasteiger partial charge in [-0.1, -0.05) is 67.6 Å². The monoisotopic (exact) mass is 454 g/mol. The van der Waals surface area contributed by atoms with Gasteiger partial charge >= 0.3 is 0 Å². The van der Waals surface area contributed by atoms with E-state index >= 15 is 0 Å². The maximum absolute atomic E-state index is 13.6. The van der Waals surface area contributed by atoms with Crippen molar-refractivity contribution in [1.82, 2.24) is 4.98 Å². The molecule has 4 nitrogen and oxygen atoms in total. The zero-order valence-corrected chi connectivity index (χ0v) is 19.6. The minimum atomic E-state index is -0.561. The van der Waals surface area contributed by atoms with Gasteiger partial charge < -0.3 is 4.74 Å². The van der Waals surface area contributed by atoms with Gasteiger partial charge in [-0.25, -0.2) is 4.98 Å². The molecule has 1 aliphatic heterocycles. The molecule has 0 spiro atoms. The van der Waals surface area contributed by atoms with E-state index in [9.17, 15) is 4.79 Å². The van der Waals surface area contributed by atoms with Gasteiger partial charge in [-0.05, 0) is 49.1 Å². The second-order valence-electron chi connectivity index (χ2n) is 8.25. The van der Waals surface area contributed by atoms with E-state index in [0.29, 0.717) is 5.75 Å². The molecule has 5 heteroatoms. The van der Waals surface area contributed by atoms with E-state index in [1.54, 1.807) is 11.3 Å². The van der Waals surface area contributed by atoms with Gasteiger partial charge in [0, 0.05) is 10.9 Å². The summed E-state index contributed by atoms with van der Waals surface area (Å²) in [6, 6.07) is 26.1. The van der Waals surface area contributed by atoms with Gasteiger partial charge in [0.2, 0.25) is 0 Å². The molecule has 166 valence electrons. The third-order valence-corrected chi connectivity index (χ3v) is 6.82. The number of anilines is 1. The number of hydrogen-bond acceptors (Lipinski definition) is 4. The molecule has 0 radical (unpaired) electrons. The van der Waals surface area contributed by atoms with E-state index in [-0.39, 0.29) is 11.9 Å². The highest BCUT2D eigenvalue weighted by Crippen LogP contribution is 2.43. The minimum Gasteiger partial charge on any atom is -0.479 e. The first-order valence-electron chi connectivity index (χ1n) is 11.3. The Morgan fingerprint density at radius 2 is 1.67 bits per heavy atom. The van der Waals surface area contributed by atoms with Crippen molar-refractivity contribution < 1.29 is 9.53 Å². The fourth-order valence-electron chi connectivity index (χ4n) is 4.32. The molecule has 5 rings (SSSR count). The van der Waals surface area contributed by atoms with Gasteiger partial charge in [0.05, 0.1) is 22.4 Å². The summed E-state index contributed by atoms with van der Waals surface area (Å²) in [6.45, 7) is 3.98. The molecule has 0 aliphatic carbocycles. The first-order chi connectivity index (χ1) is 16.2. The molecule has 0 bridgehead atoms.